The van der Waals surface area contributed by atoms with E-state index in [1.165, 1.54) is 0 Å². The maximum atomic E-state index is 12.5. The van der Waals surface area contributed by atoms with Gasteiger partial charge in [-0.25, -0.2) is 9.97 Å². The lowest BCUT2D eigenvalue weighted by Gasteiger charge is -2.10. The average molecular weight is 416 g/mol. The van der Waals surface area contributed by atoms with Gasteiger partial charge in [0.05, 0.1) is 11.9 Å². The number of fused-ring (bicyclic) bond motifs is 1. The summed E-state index contributed by atoms with van der Waals surface area (Å²) in [6.07, 6.45) is 8.63. The van der Waals surface area contributed by atoms with Gasteiger partial charge in [-0.3, -0.25) is 19.1 Å². The van der Waals surface area contributed by atoms with Crippen LogP contribution in [0.2, 0.25) is 0 Å². The van der Waals surface area contributed by atoms with E-state index in [0.717, 1.165) is 46.7 Å². The number of nitrogens with zero attached hydrogens (tertiary/aromatic N) is 4. The molecule has 1 unspecified atom stereocenters. The highest BCUT2D eigenvalue weighted by atomic mass is 16.3. The Morgan fingerprint density at radius 3 is 2.81 bits per heavy atom. The summed E-state index contributed by atoms with van der Waals surface area (Å²) in [7, 11) is 1.70. The van der Waals surface area contributed by atoms with Gasteiger partial charge >= 0.3 is 0 Å². The molecule has 1 fully saturated rings. The van der Waals surface area contributed by atoms with E-state index >= 15 is 0 Å². The first-order valence-corrected chi connectivity index (χ1v) is 10.3. The monoisotopic (exact) mass is 416 g/mol. The fraction of sp³-hybridized carbons (Fsp3) is 0.261. The van der Waals surface area contributed by atoms with Crippen LogP contribution in [-0.2, 0) is 0 Å². The van der Waals surface area contributed by atoms with Crippen molar-refractivity contribution in [1.29, 1.82) is 0 Å². The molecule has 1 aliphatic rings. The Hall–Kier alpha value is -3.49. The van der Waals surface area contributed by atoms with E-state index < -0.39 is 6.23 Å². The molecule has 1 amide bonds. The molecule has 0 saturated heterocycles. The maximum absolute atomic E-state index is 12.5. The van der Waals surface area contributed by atoms with E-state index in [1.54, 1.807) is 19.6 Å². The lowest BCUT2D eigenvalue weighted by molar-refractivity contribution is 0.0951. The molecule has 0 bridgehead atoms. The molecule has 0 aliphatic heterocycles. The zero-order valence-corrected chi connectivity index (χ0v) is 17.4. The highest BCUT2D eigenvalue weighted by Gasteiger charge is 2.24. The van der Waals surface area contributed by atoms with Crippen molar-refractivity contribution in [3.63, 3.8) is 0 Å². The van der Waals surface area contributed by atoms with Crippen molar-refractivity contribution < 1.29 is 9.90 Å². The molecule has 4 aromatic rings. The van der Waals surface area contributed by atoms with Gasteiger partial charge < -0.3 is 10.4 Å². The third-order valence-electron chi connectivity index (χ3n) is 5.63. The second-order valence-electron chi connectivity index (χ2n) is 7.94. The molecule has 3 heterocycles. The smallest absolute Gasteiger partial charge is 0.251 e. The maximum Gasteiger partial charge on any atom is 0.251 e. The lowest BCUT2D eigenvalue weighted by atomic mass is 10.0. The summed E-state index contributed by atoms with van der Waals surface area (Å²) in [5.41, 5.74) is 4.89. The molecular formula is C23H24N6O2. The number of carbonyl (C=O) groups is 1. The van der Waals surface area contributed by atoms with Gasteiger partial charge in [-0.05, 0) is 56.6 Å². The Kier molecular flexibility index (Phi) is 4.80. The van der Waals surface area contributed by atoms with Crippen LogP contribution < -0.4 is 10.6 Å². The number of nitrogens with one attached hydrogen (secondary N) is 2. The lowest BCUT2D eigenvalue weighted by Crippen LogP contribution is -2.25. The van der Waals surface area contributed by atoms with Crippen molar-refractivity contribution in [3.05, 3.63) is 71.9 Å². The Morgan fingerprint density at radius 1 is 1.19 bits per heavy atom. The van der Waals surface area contributed by atoms with Gasteiger partial charge in [0.1, 0.15) is 24.0 Å². The fourth-order valence-corrected chi connectivity index (χ4v) is 3.63. The Labute approximate surface area is 179 Å². The Morgan fingerprint density at radius 2 is 2.03 bits per heavy atom. The SMILES string of the molecule is CNC(O)c1ccc2ncc(-n3cnc(-c4cc(C(=O)NC5CC5)ccc4C)c3)n2c1. The van der Waals surface area contributed by atoms with Gasteiger partial charge in [0, 0.05) is 35.1 Å². The predicted octanol–water partition coefficient (Wildman–Crippen LogP) is 2.60. The van der Waals surface area contributed by atoms with Crippen molar-refractivity contribution in [2.24, 2.45) is 0 Å². The zero-order valence-electron chi connectivity index (χ0n) is 17.4. The number of aromatic nitrogens is 4. The van der Waals surface area contributed by atoms with Gasteiger partial charge in [-0.15, -0.1) is 0 Å². The van der Waals surface area contributed by atoms with Crippen LogP contribution in [0.25, 0.3) is 22.7 Å². The quantitative estimate of drug-likeness (QED) is 0.420. The first kappa shape index (κ1) is 19.5. The summed E-state index contributed by atoms with van der Waals surface area (Å²) in [5, 5.41) is 16.0. The number of hydrogen-bond donors (Lipinski definition) is 3. The van der Waals surface area contributed by atoms with Gasteiger partial charge in [0.15, 0.2) is 0 Å². The van der Waals surface area contributed by atoms with Gasteiger partial charge in [-0.2, -0.15) is 0 Å². The van der Waals surface area contributed by atoms with E-state index in [-0.39, 0.29) is 5.91 Å². The molecule has 3 N–H and O–H groups in total. The minimum atomic E-state index is -0.759. The van der Waals surface area contributed by atoms with E-state index in [1.807, 2.05) is 58.6 Å². The van der Waals surface area contributed by atoms with Crippen LogP contribution >= 0.6 is 0 Å². The molecule has 158 valence electrons. The summed E-state index contributed by atoms with van der Waals surface area (Å²) in [4.78, 5) is 21.5. The van der Waals surface area contributed by atoms with Gasteiger partial charge in [0.2, 0.25) is 0 Å². The summed E-state index contributed by atoms with van der Waals surface area (Å²) in [6, 6.07) is 9.73. The zero-order chi connectivity index (χ0) is 21.5. The molecule has 1 aromatic carbocycles. The number of aliphatic hydroxyl groups is 1. The summed E-state index contributed by atoms with van der Waals surface area (Å²) >= 11 is 0. The van der Waals surface area contributed by atoms with Crippen LogP contribution in [0.5, 0.6) is 0 Å². The molecular weight excluding hydrogens is 392 g/mol. The minimum absolute atomic E-state index is 0.0411. The number of rotatable bonds is 6. The third-order valence-corrected chi connectivity index (χ3v) is 5.63. The van der Waals surface area contributed by atoms with Crippen molar-refractivity contribution in [2.75, 3.05) is 7.05 Å². The van der Waals surface area contributed by atoms with Crippen molar-refractivity contribution in [1.82, 2.24) is 29.6 Å². The standard InChI is InChI=1S/C23H24N6O2/c1-14-3-4-15(23(31)27-17-6-7-17)9-18(14)19-12-28(13-26-19)21-10-25-20-8-5-16(11-29(20)21)22(30)24-2/h3-5,8-13,17,22,24,30H,6-7H2,1-2H3,(H,27,31). The predicted molar refractivity (Wildman–Crippen MR) is 117 cm³/mol. The highest BCUT2D eigenvalue weighted by molar-refractivity contribution is 5.96. The second-order valence-corrected chi connectivity index (χ2v) is 7.94. The van der Waals surface area contributed by atoms with Crippen molar-refractivity contribution in [2.45, 2.75) is 32.0 Å². The first-order chi connectivity index (χ1) is 15.0. The average Bonchev–Trinajstić information content (AvgIpc) is 3.30. The van der Waals surface area contributed by atoms with Gasteiger partial charge in [-0.1, -0.05) is 6.07 Å². The molecule has 0 spiro atoms. The molecule has 5 rings (SSSR count). The molecule has 8 heteroatoms. The van der Waals surface area contributed by atoms with E-state index in [2.05, 4.69) is 20.6 Å². The number of carbonyl (C=O) groups excluding carboxylic acids is 1. The molecule has 8 nitrogen and oxygen atoms in total. The van der Waals surface area contributed by atoms with Gasteiger partial charge in [0.25, 0.3) is 5.91 Å². The van der Waals surface area contributed by atoms with E-state index in [0.29, 0.717) is 11.6 Å². The number of benzene rings is 1. The van der Waals surface area contributed by atoms with Crippen molar-refractivity contribution in [3.8, 4) is 17.1 Å². The minimum Gasteiger partial charge on any atom is -0.374 e. The van der Waals surface area contributed by atoms with Crippen LogP contribution in [0.15, 0.2) is 55.2 Å². The first-order valence-electron chi connectivity index (χ1n) is 10.3. The Balaban J connectivity index is 1.50. The topological polar surface area (TPSA) is 96.5 Å². The highest BCUT2D eigenvalue weighted by Crippen LogP contribution is 2.26. The number of aliphatic hydroxyl groups excluding tert-OH is 1. The molecule has 1 atom stereocenters. The largest absolute Gasteiger partial charge is 0.374 e. The molecule has 1 saturated carbocycles. The number of hydrogen-bond acceptors (Lipinski definition) is 5. The number of amides is 1. The van der Waals surface area contributed by atoms with E-state index in [9.17, 15) is 9.90 Å². The number of pyridine rings is 1. The van der Waals surface area contributed by atoms with Crippen LogP contribution in [0, 0.1) is 6.92 Å². The molecule has 31 heavy (non-hydrogen) atoms. The second kappa shape index (κ2) is 7.64. The summed E-state index contributed by atoms with van der Waals surface area (Å²) in [6.45, 7) is 2.01. The van der Waals surface area contributed by atoms with Crippen LogP contribution in [0.3, 0.4) is 0 Å². The summed E-state index contributed by atoms with van der Waals surface area (Å²) < 4.78 is 3.80. The van der Waals surface area contributed by atoms with Crippen LogP contribution in [0.4, 0.5) is 0 Å². The molecule has 3 aromatic heterocycles. The van der Waals surface area contributed by atoms with Crippen molar-refractivity contribution >= 4 is 11.6 Å². The van der Waals surface area contributed by atoms with E-state index in [4.69, 9.17) is 0 Å². The van der Waals surface area contributed by atoms with Crippen LogP contribution in [0.1, 0.15) is 40.6 Å². The molecule has 1 aliphatic carbocycles. The number of aryl methyl sites for hydroxylation is 1. The summed E-state index contributed by atoms with van der Waals surface area (Å²) in [5.74, 6) is 0.764. The third kappa shape index (κ3) is 3.71. The molecule has 0 radical (unpaired) electrons. The van der Waals surface area contributed by atoms with Crippen LogP contribution in [-0.4, -0.2) is 43.0 Å². The Bertz CT molecular complexity index is 1270. The normalized spacial score (nSPS) is 14.7. The fourth-order valence-electron chi connectivity index (χ4n) is 3.63. The number of imidazole rings is 2.